The highest BCUT2D eigenvalue weighted by atomic mass is 28.3. The summed E-state index contributed by atoms with van der Waals surface area (Å²) in [6, 6.07) is 0.169. The van der Waals surface area contributed by atoms with Crippen molar-refractivity contribution >= 4 is 20.2 Å². The Balaban J connectivity index is 1.98. The summed E-state index contributed by atoms with van der Waals surface area (Å²) in [7, 11) is -1.93. The van der Waals surface area contributed by atoms with Crippen LogP contribution < -0.4 is 0 Å². The highest BCUT2D eigenvalue weighted by Crippen LogP contribution is 2.45. The van der Waals surface area contributed by atoms with Crippen molar-refractivity contribution in [3.05, 3.63) is 0 Å². The standard InChI is InChI=1S/C19H34N2O2Si/c1-19(15-11-7-5-8-12-15)17(22)20(16-13-9-6-10-14-16)18(23)21(19)24(2,3)4/h15-16H,5-14H2,1-4H3. The zero-order chi connectivity index (χ0) is 17.5. The van der Waals surface area contributed by atoms with Crippen molar-refractivity contribution in [2.45, 2.75) is 102 Å². The lowest BCUT2D eigenvalue weighted by Gasteiger charge is -2.46. The molecule has 5 heteroatoms. The van der Waals surface area contributed by atoms with Crippen molar-refractivity contribution in [2.75, 3.05) is 0 Å². The number of carbonyl (C=O) groups excluding carboxylic acids is 2. The second kappa shape index (κ2) is 6.47. The molecule has 24 heavy (non-hydrogen) atoms. The van der Waals surface area contributed by atoms with Gasteiger partial charge in [0.15, 0.2) is 8.24 Å². The first-order valence-electron chi connectivity index (χ1n) is 9.96. The maximum atomic E-state index is 13.6. The minimum absolute atomic E-state index is 0.0270. The van der Waals surface area contributed by atoms with Gasteiger partial charge in [-0.3, -0.25) is 9.69 Å². The molecule has 136 valence electrons. The summed E-state index contributed by atoms with van der Waals surface area (Å²) in [5.74, 6) is 0.455. The summed E-state index contributed by atoms with van der Waals surface area (Å²) in [6.07, 6.45) is 11.4. The minimum Gasteiger partial charge on any atom is -0.338 e. The van der Waals surface area contributed by atoms with Crippen LogP contribution in [0, 0.1) is 5.92 Å². The molecule has 0 aromatic heterocycles. The van der Waals surface area contributed by atoms with Crippen molar-refractivity contribution < 1.29 is 9.59 Å². The topological polar surface area (TPSA) is 40.6 Å². The number of nitrogens with zero attached hydrogens (tertiary/aromatic N) is 2. The molecule has 2 aliphatic carbocycles. The SMILES string of the molecule is CC1(C2CCCCC2)C(=O)N(C2CCCCC2)C(=O)N1[Si](C)(C)C. The van der Waals surface area contributed by atoms with Crippen LogP contribution in [0.3, 0.4) is 0 Å². The van der Waals surface area contributed by atoms with Crippen LogP contribution in [0.2, 0.25) is 19.6 Å². The number of hydrogen-bond donors (Lipinski definition) is 0. The molecule has 1 heterocycles. The Labute approximate surface area is 148 Å². The zero-order valence-corrected chi connectivity index (χ0v) is 16.9. The van der Waals surface area contributed by atoms with Gasteiger partial charge in [-0.05, 0) is 38.5 Å². The molecule has 4 nitrogen and oxygen atoms in total. The first-order valence-corrected chi connectivity index (χ1v) is 13.4. The largest absolute Gasteiger partial charge is 0.338 e. The van der Waals surface area contributed by atoms with Crippen molar-refractivity contribution in [1.29, 1.82) is 0 Å². The first kappa shape index (κ1) is 18.0. The fourth-order valence-electron chi connectivity index (χ4n) is 5.40. The molecule has 1 saturated heterocycles. The van der Waals surface area contributed by atoms with E-state index in [2.05, 4.69) is 31.1 Å². The quantitative estimate of drug-likeness (QED) is 0.544. The van der Waals surface area contributed by atoms with E-state index in [1.54, 1.807) is 4.90 Å². The third-order valence-corrected chi connectivity index (χ3v) is 8.52. The molecule has 1 atom stereocenters. The maximum Gasteiger partial charge on any atom is 0.319 e. The lowest BCUT2D eigenvalue weighted by Crippen LogP contribution is -2.62. The van der Waals surface area contributed by atoms with E-state index in [1.165, 1.54) is 25.7 Å². The number of urea groups is 1. The Morgan fingerprint density at radius 3 is 1.88 bits per heavy atom. The Bertz CT molecular complexity index is 504. The monoisotopic (exact) mass is 350 g/mol. The fourth-order valence-corrected chi connectivity index (χ4v) is 7.75. The van der Waals surface area contributed by atoms with Gasteiger partial charge in [-0.15, -0.1) is 0 Å². The van der Waals surface area contributed by atoms with Crippen LogP contribution in [0.1, 0.15) is 71.1 Å². The van der Waals surface area contributed by atoms with Gasteiger partial charge in [0.1, 0.15) is 5.54 Å². The summed E-state index contributed by atoms with van der Waals surface area (Å²) in [4.78, 5) is 28.7. The number of carbonyl (C=O) groups is 2. The average molecular weight is 351 g/mol. The van der Waals surface area contributed by atoms with Crippen LogP contribution in [-0.2, 0) is 4.79 Å². The van der Waals surface area contributed by atoms with E-state index in [4.69, 9.17) is 0 Å². The van der Waals surface area contributed by atoms with Crippen molar-refractivity contribution in [3.8, 4) is 0 Å². The predicted octanol–water partition coefficient (Wildman–Crippen LogP) is 4.76. The van der Waals surface area contributed by atoms with E-state index in [0.29, 0.717) is 5.92 Å². The van der Waals surface area contributed by atoms with E-state index in [1.807, 2.05) is 0 Å². The molecule has 0 radical (unpaired) electrons. The normalized spacial score (nSPS) is 31.2. The number of hydrogen-bond acceptors (Lipinski definition) is 2. The molecule has 1 aliphatic heterocycles. The highest BCUT2D eigenvalue weighted by Gasteiger charge is 2.61. The minimum atomic E-state index is -1.93. The van der Waals surface area contributed by atoms with Gasteiger partial charge in [0.05, 0.1) is 0 Å². The third-order valence-electron chi connectivity index (χ3n) is 6.52. The van der Waals surface area contributed by atoms with Crippen LogP contribution in [0.4, 0.5) is 4.79 Å². The van der Waals surface area contributed by atoms with Gasteiger partial charge in [0.2, 0.25) is 0 Å². The van der Waals surface area contributed by atoms with E-state index in [-0.39, 0.29) is 18.0 Å². The van der Waals surface area contributed by atoms with Crippen LogP contribution in [0.15, 0.2) is 0 Å². The molecule has 3 amide bonds. The van der Waals surface area contributed by atoms with Gasteiger partial charge >= 0.3 is 6.03 Å². The zero-order valence-electron chi connectivity index (χ0n) is 15.9. The van der Waals surface area contributed by atoms with E-state index < -0.39 is 13.8 Å². The number of amides is 3. The Hall–Kier alpha value is -0.843. The van der Waals surface area contributed by atoms with Gasteiger partial charge in [-0.25, -0.2) is 4.79 Å². The van der Waals surface area contributed by atoms with Crippen molar-refractivity contribution in [1.82, 2.24) is 9.47 Å². The van der Waals surface area contributed by atoms with Crippen LogP contribution in [-0.4, -0.2) is 41.2 Å². The van der Waals surface area contributed by atoms with Gasteiger partial charge in [-0.2, -0.15) is 0 Å². The van der Waals surface area contributed by atoms with E-state index in [0.717, 1.165) is 38.5 Å². The molecule has 0 N–H and O–H groups in total. The van der Waals surface area contributed by atoms with Crippen molar-refractivity contribution in [2.24, 2.45) is 5.92 Å². The Morgan fingerprint density at radius 1 is 0.875 bits per heavy atom. The van der Waals surface area contributed by atoms with Gasteiger partial charge in [-0.1, -0.05) is 58.2 Å². The van der Waals surface area contributed by atoms with Gasteiger partial charge in [0.25, 0.3) is 5.91 Å². The molecule has 3 aliphatic rings. The van der Waals surface area contributed by atoms with Crippen LogP contribution >= 0.6 is 0 Å². The molecule has 3 rings (SSSR count). The molecular weight excluding hydrogens is 316 g/mol. The van der Waals surface area contributed by atoms with E-state index in [9.17, 15) is 9.59 Å². The first-order chi connectivity index (χ1) is 11.3. The molecular formula is C19H34N2O2Si. The smallest absolute Gasteiger partial charge is 0.319 e. The van der Waals surface area contributed by atoms with Crippen molar-refractivity contribution in [3.63, 3.8) is 0 Å². The predicted molar refractivity (Wildman–Crippen MR) is 99.3 cm³/mol. The lowest BCUT2D eigenvalue weighted by molar-refractivity contribution is -0.136. The molecule has 0 spiro atoms. The van der Waals surface area contributed by atoms with Gasteiger partial charge in [0, 0.05) is 6.04 Å². The molecule has 2 saturated carbocycles. The average Bonchev–Trinajstić information content (AvgIpc) is 2.76. The summed E-state index contributed by atoms with van der Waals surface area (Å²) >= 11 is 0. The molecule has 0 aromatic carbocycles. The Morgan fingerprint density at radius 2 is 1.38 bits per heavy atom. The summed E-state index contributed by atoms with van der Waals surface area (Å²) in [5, 5.41) is 0. The van der Waals surface area contributed by atoms with E-state index >= 15 is 0 Å². The summed E-state index contributed by atoms with van der Waals surface area (Å²) in [6.45, 7) is 8.72. The van der Waals surface area contributed by atoms with Gasteiger partial charge < -0.3 is 4.57 Å². The molecule has 0 bridgehead atoms. The highest BCUT2D eigenvalue weighted by molar-refractivity contribution is 6.76. The van der Waals surface area contributed by atoms with Crippen LogP contribution in [0.5, 0.6) is 0 Å². The second-order valence-corrected chi connectivity index (χ2v) is 14.0. The summed E-state index contributed by atoms with van der Waals surface area (Å²) < 4.78 is 2.08. The Kier molecular flexibility index (Phi) is 4.84. The fraction of sp³-hybridized carbons (Fsp3) is 0.895. The second-order valence-electron chi connectivity index (χ2n) is 9.24. The summed E-state index contributed by atoms with van der Waals surface area (Å²) in [5.41, 5.74) is -0.598. The molecule has 1 unspecified atom stereocenters. The maximum absolute atomic E-state index is 13.6. The molecule has 3 fully saturated rings. The number of imide groups is 1. The van der Waals surface area contributed by atoms with Crippen LogP contribution in [0.25, 0.3) is 0 Å². The third kappa shape index (κ3) is 2.83. The number of rotatable bonds is 3. The molecule has 0 aromatic rings. The lowest BCUT2D eigenvalue weighted by atomic mass is 9.75.